The van der Waals surface area contributed by atoms with E-state index in [1.807, 2.05) is 0 Å². The summed E-state index contributed by atoms with van der Waals surface area (Å²) >= 11 is 0. The highest BCUT2D eigenvalue weighted by molar-refractivity contribution is 7.86. The lowest BCUT2D eigenvalue weighted by Gasteiger charge is -2.03. The fourth-order valence-corrected chi connectivity index (χ4v) is 0.901. The average molecular weight is 151 g/mol. The second-order valence-electron chi connectivity index (χ2n) is 1.97. The van der Waals surface area contributed by atoms with Crippen LogP contribution in [0.1, 0.15) is 19.8 Å². The SMILES string of the molecule is [CH2]CCC(C)S(=O)(=O)O. The maximum atomic E-state index is 10.2. The van der Waals surface area contributed by atoms with Gasteiger partial charge in [-0.25, -0.2) is 0 Å². The van der Waals surface area contributed by atoms with Crippen molar-refractivity contribution in [2.75, 3.05) is 0 Å². The van der Waals surface area contributed by atoms with Crippen LogP contribution in [0, 0.1) is 6.92 Å². The van der Waals surface area contributed by atoms with Gasteiger partial charge in [0.2, 0.25) is 0 Å². The monoisotopic (exact) mass is 151 g/mol. The molecule has 0 spiro atoms. The molecule has 1 N–H and O–H groups in total. The van der Waals surface area contributed by atoms with E-state index in [1.165, 1.54) is 6.92 Å². The van der Waals surface area contributed by atoms with Crippen LogP contribution in [0.4, 0.5) is 0 Å². The Hall–Kier alpha value is -0.0900. The molecule has 0 rings (SSSR count). The van der Waals surface area contributed by atoms with E-state index in [-0.39, 0.29) is 0 Å². The zero-order chi connectivity index (χ0) is 7.49. The van der Waals surface area contributed by atoms with Crippen LogP contribution in [0.15, 0.2) is 0 Å². The van der Waals surface area contributed by atoms with Crippen molar-refractivity contribution < 1.29 is 13.0 Å². The summed E-state index contributed by atoms with van der Waals surface area (Å²) in [6.45, 7) is 4.92. The second-order valence-corrected chi connectivity index (χ2v) is 3.80. The predicted molar refractivity (Wildman–Crippen MR) is 35.6 cm³/mol. The quantitative estimate of drug-likeness (QED) is 0.609. The first-order chi connectivity index (χ1) is 3.98. The Balaban J connectivity index is 3.90. The van der Waals surface area contributed by atoms with Crippen molar-refractivity contribution in [3.8, 4) is 0 Å². The molecule has 0 fully saturated rings. The van der Waals surface area contributed by atoms with Gasteiger partial charge in [0.05, 0.1) is 5.25 Å². The van der Waals surface area contributed by atoms with Crippen molar-refractivity contribution >= 4 is 10.1 Å². The third kappa shape index (κ3) is 3.48. The summed E-state index contributed by atoms with van der Waals surface area (Å²) in [7, 11) is -3.80. The van der Waals surface area contributed by atoms with Crippen LogP contribution in [0.25, 0.3) is 0 Å². The normalized spacial score (nSPS) is 15.4. The average Bonchev–Trinajstić information content (AvgIpc) is 1.64. The van der Waals surface area contributed by atoms with Gasteiger partial charge >= 0.3 is 0 Å². The fourth-order valence-electron chi connectivity index (χ4n) is 0.436. The zero-order valence-corrected chi connectivity index (χ0v) is 6.19. The maximum Gasteiger partial charge on any atom is 0.267 e. The molecule has 1 unspecified atom stereocenters. The van der Waals surface area contributed by atoms with Gasteiger partial charge < -0.3 is 0 Å². The summed E-state index contributed by atoms with van der Waals surface area (Å²) in [5.41, 5.74) is 0. The molecule has 0 bridgehead atoms. The van der Waals surface area contributed by atoms with E-state index in [4.69, 9.17) is 4.55 Å². The molecule has 0 heterocycles. The molecule has 4 heteroatoms. The van der Waals surface area contributed by atoms with Crippen molar-refractivity contribution in [1.29, 1.82) is 0 Å². The molecule has 0 saturated heterocycles. The Morgan fingerprint density at radius 3 is 2.22 bits per heavy atom. The van der Waals surface area contributed by atoms with Gasteiger partial charge in [-0.3, -0.25) is 4.55 Å². The van der Waals surface area contributed by atoms with Crippen molar-refractivity contribution in [3.63, 3.8) is 0 Å². The minimum Gasteiger partial charge on any atom is -0.285 e. The highest BCUT2D eigenvalue weighted by Crippen LogP contribution is 2.04. The number of rotatable bonds is 3. The van der Waals surface area contributed by atoms with Crippen molar-refractivity contribution in [2.45, 2.75) is 25.0 Å². The van der Waals surface area contributed by atoms with Crippen molar-refractivity contribution in [2.24, 2.45) is 0 Å². The Morgan fingerprint density at radius 1 is 1.67 bits per heavy atom. The topological polar surface area (TPSA) is 54.4 Å². The van der Waals surface area contributed by atoms with E-state index in [9.17, 15) is 8.42 Å². The molecule has 55 valence electrons. The van der Waals surface area contributed by atoms with Crippen LogP contribution >= 0.6 is 0 Å². The van der Waals surface area contributed by atoms with Crippen LogP contribution in [-0.2, 0) is 10.1 Å². The molecular formula is C5H11O3S. The van der Waals surface area contributed by atoms with Crippen LogP contribution in [0.2, 0.25) is 0 Å². The van der Waals surface area contributed by atoms with Gasteiger partial charge in [0, 0.05) is 0 Å². The van der Waals surface area contributed by atoms with Gasteiger partial charge in [0.15, 0.2) is 0 Å². The fraction of sp³-hybridized carbons (Fsp3) is 0.800. The largest absolute Gasteiger partial charge is 0.285 e. The third-order valence-electron chi connectivity index (χ3n) is 1.12. The van der Waals surface area contributed by atoms with Gasteiger partial charge in [-0.05, 0) is 13.3 Å². The lowest BCUT2D eigenvalue weighted by molar-refractivity contribution is 0.466. The summed E-state index contributed by atoms with van der Waals surface area (Å²) in [6.07, 6.45) is 0.944. The van der Waals surface area contributed by atoms with Gasteiger partial charge in [0.1, 0.15) is 0 Å². The molecule has 0 aliphatic rings. The predicted octanol–water partition coefficient (Wildman–Crippen LogP) is 0.877. The van der Waals surface area contributed by atoms with E-state index in [1.54, 1.807) is 0 Å². The summed E-state index contributed by atoms with van der Waals surface area (Å²) in [4.78, 5) is 0. The standard InChI is InChI=1S/C5H11O3S/c1-3-4-5(2)9(6,7)8/h5H,1,3-4H2,2H3,(H,6,7,8). The Kier molecular flexibility index (Phi) is 3.14. The Morgan fingerprint density at radius 2 is 2.11 bits per heavy atom. The first-order valence-corrected chi connectivity index (χ1v) is 4.24. The van der Waals surface area contributed by atoms with Crippen LogP contribution in [-0.4, -0.2) is 18.2 Å². The van der Waals surface area contributed by atoms with E-state index in [0.29, 0.717) is 12.8 Å². The first-order valence-electron chi connectivity index (χ1n) is 2.74. The smallest absolute Gasteiger partial charge is 0.267 e. The molecule has 3 nitrogen and oxygen atoms in total. The van der Waals surface area contributed by atoms with Crippen molar-refractivity contribution in [1.82, 2.24) is 0 Å². The number of hydrogen-bond donors (Lipinski definition) is 1. The number of hydrogen-bond acceptors (Lipinski definition) is 2. The van der Waals surface area contributed by atoms with Crippen LogP contribution in [0.5, 0.6) is 0 Å². The van der Waals surface area contributed by atoms with E-state index in [2.05, 4.69) is 6.92 Å². The minimum absolute atomic E-state index is 0.416. The van der Waals surface area contributed by atoms with Crippen molar-refractivity contribution in [3.05, 3.63) is 6.92 Å². The molecular weight excluding hydrogens is 140 g/mol. The molecule has 0 amide bonds. The lowest BCUT2D eigenvalue weighted by atomic mass is 10.3. The van der Waals surface area contributed by atoms with Crippen LogP contribution < -0.4 is 0 Å². The van der Waals surface area contributed by atoms with E-state index >= 15 is 0 Å². The highest BCUT2D eigenvalue weighted by atomic mass is 32.2. The summed E-state index contributed by atoms with van der Waals surface area (Å²) in [5.74, 6) is 0. The molecule has 0 aliphatic heterocycles. The third-order valence-corrected chi connectivity index (χ3v) is 2.37. The summed E-state index contributed by atoms with van der Waals surface area (Å²) < 4.78 is 28.9. The van der Waals surface area contributed by atoms with Gasteiger partial charge in [0.25, 0.3) is 10.1 Å². The lowest BCUT2D eigenvalue weighted by Crippen LogP contribution is -2.15. The van der Waals surface area contributed by atoms with Gasteiger partial charge in [-0.2, -0.15) is 8.42 Å². The Bertz CT molecular complexity index is 159. The highest BCUT2D eigenvalue weighted by Gasteiger charge is 2.14. The molecule has 0 aromatic rings. The maximum absolute atomic E-state index is 10.2. The summed E-state index contributed by atoms with van der Waals surface area (Å²) in [5, 5.41) is -0.671. The van der Waals surface area contributed by atoms with Gasteiger partial charge in [-0.1, -0.05) is 13.3 Å². The molecule has 0 aromatic heterocycles. The molecule has 0 aromatic carbocycles. The Labute approximate surface area is 55.8 Å². The van der Waals surface area contributed by atoms with E-state index < -0.39 is 15.4 Å². The molecule has 0 aliphatic carbocycles. The molecule has 1 radical (unpaired) electrons. The second kappa shape index (κ2) is 3.17. The summed E-state index contributed by atoms with van der Waals surface area (Å²) in [6, 6.07) is 0. The van der Waals surface area contributed by atoms with E-state index in [0.717, 1.165) is 0 Å². The molecule has 0 saturated carbocycles. The van der Waals surface area contributed by atoms with Gasteiger partial charge in [-0.15, -0.1) is 0 Å². The molecule has 1 atom stereocenters. The minimum atomic E-state index is -3.80. The van der Waals surface area contributed by atoms with Crippen LogP contribution in [0.3, 0.4) is 0 Å². The zero-order valence-electron chi connectivity index (χ0n) is 5.37. The first kappa shape index (κ1) is 8.91. The molecule has 9 heavy (non-hydrogen) atoms.